The molecule has 0 atom stereocenters. The molecule has 0 aliphatic heterocycles. The second-order valence-electron chi connectivity index (χ2n) is 17.6. The van der Waals surface area contributed by atoms with E-state index in [1.165, 1.54) is 49.6 Å². The lowest BCUT2D eigenvalue weighted by molar-refractivity contribution is 0.670. The normalized spacial score (nSPS) is 11.5. The number of hydrogen-bond acceptors (Lipinski definition) is 2. The third-order valence-electron chi connectivity index (χ3n) is 13.6. The summed E-state index contributed by atoms with van der Waals surface area (Å²) in [7, 11) is 0. The summed E-state index contributed by atoms with van der Waals surface area (Å²) in [6.07, 6.45) is 0. The van der Waals surface area contributed by atoms with Crippen molar-refractivity contribution in [3.8, 4) is 61.3 Å². The summed E-state index contributed by atoms with van der Waals surface area (Å²) in [5, 5.41) is 4.73. The standard InChI is InChI=1S/C66H44N2O/c1-2-17-45(18-3-1)48-19-14-20-49(43-48)46-35-39-52(40-36-46)67(62-31-10-7-26-57(62)59-28-16-29-60-58-27-8-13-34-65(58)69-66(59)60)53-41-37-47(38-42-53)50-21-15-22-51(44-50)54-23-4-9-30-61(54)68-63-32-11-5-24-55(63)56-25-6-12-33-64(56)68/h1-44H. The van der Waals surface area contributed by atoms with Crippen LogP contribution in [-0.2, 0) is 0 Å². The van der Waals surface area contributed by atoms with Crippen LogP contribution in [0, 0.1) is 0 Å². The quantitative estimate of drug-likeness (QED) is 0.144. The van der Waals surface area contributed by atoms with Gasteiger partial charge in [0, 0.05) is 49.6 Å². The van der Waals surface area contributed by atoms with Crippen LogP contribution in [0.2, 0.25) is 0 Å². The first-order valence-corrected chi connectivity index (χ1v) is 23.6. The van der Waals surface area contributed by atoms with Crippen LogP contribution in [0.3, 0.4) is 0 Å². The number of aromatic nitrogens is 1. The lowest BCUT2D eigenvalue weighted by Gasteiger charge is -2.28. The minimum atomic E-state index is 0.884. The summed E-state index contributed by atoms with van der Waals surface area (Å²) in [5.74, 6) is 0. The molecular formula is C66H44N2O. The highest BCUT2D eigenvalue weighted by Gasteiger charge is 2.21. The van der Waals surface area contributed by atoms with Gasteiger partial charge in [0.15, 0.2) is 0 Å². The molecule has 0 N–H and O–H groups in total. The van der Waals surface area contributed by atoms with Crippen LogP contribution in [0.1, 0.15) is 0 Å². The Morgan fingerprint density at radius 1 is 0.290 bits per heavy atom. The van der Waals surface area contributed by atoms with E-state index >= 15 is 0 Å². The topological polar surface area (TPSA) is 21.3 Å². The van der Waals surface area contributed by atoms with E-state index in [4.69, 9.17) is 4.42 Å². The van der Waals surface area contributed by atoms with E-state index in [2.05, 4.69) is 270 Å². The molecule has 0 aliphatic rings. The van der Waals surface area contributed by atoms with Gasteiger partial charge in [0.25, 0.3) is 0 Å². The molecule has 2 heterocycles. The van der Waals surface area contributed by atoms with E-state index in [0.29, 0.717) is 0 Å². The summed E-state index contributed by atoms with van der Waals surface area (Å²) in [6.45, 7) is 0. The van der Waals surface area contributed by atoms with Crippen LogP contribution in [0.15, 0.2) is 271 Å². The fourth-order valence-electron chi connectivity index (χ4n) is 10.4. The number of furan rings is 1. The number of fused-ring (bicyclic) bond motifs is 6. The maximum atomic E-state index is 6.64. The molecule has 0 aliphatic carbocycles. The van der Waals surface area contributed by atoms with Crippen LogP contribution in [0.5, 0.6) is 0 Å². The van der Waals surface area contributed by atoms with Crippen molar-refractivity contribution in [1.82, 2.24) is 4.57 Å². The van der Waals surface area contributed by atoms with Gasteiger partial charge in [-0.25, -0.2) is 0 Å². The predicted molar refractivity (Wildman–Crippen MR) is 290 cm³/mol. The number of anilines is 3. The molecule has 3 nitrogen and oxygen atoms in total. The Hall–Kier alpha value is -9.18. The molecule has 13 aromatic rings. The van der Waals surface area contributed by atoms with Crippen molar-refractivity contribution in [3.63, 3.8) is 0 Å². The van der Waals surface area contributed by atoms with E-state index in [0.717, 1.165) is 72.5 Å². The first-order valence-electron chi connectivity index (χ1n) is 23.6. The minimum Gasteiger partial charge on any atom is -0.455 e. The molecule has 0 spiro atoms. The number of hydrogen-bond donors (Lipinski definition) is 0. The molecule has 11 aromatic carbocycles. The molecule has 0 unspecified atom stereocenters. The van der Waals surface area contributed by atoms with Crippen LogP contribution in [-0.4, -0.2) is 4.57 Å². The van der Waals surface area contributed by atoms with Gasteiger partial charge in [-0.3, -0.25) is 0 Å². The van der Waals surface area contributed by atoms with Crippen LogP contribution >= 0.6 is 0 Å². The maximum absolute atomic E-state index is 6.64. The highest BCUT2D eigenvalue weighted by atomic mass is 16.3. The second-order valence-corrected chi connectivity index (χ2v) is 17.6. The SMILES string of the molecule is c1ccc(-c2cccc(-c3ccc(N(c4ccc(-c5cccc(-c6ccccc6-n6c7ccccc7c7ccccc76)c5)cc4)c4ccccc4-c4cccc5c4oc4ccccc45)cc3)c2)cc1. The van der Waals surface area contributed by atoms with E-state index in [1.54, 1.807) is 0 Å². The predicted octanol–water partition coefficient (Wildman–Crippen LogP) is 18.5. The van der Waals surface area contributed by atoms with Crippen LogP contribution in [0.25, 0.3) is 105 Å². The van der Waals surface area contributed by atoms with Crippen molar-refractivity contribution >= 4 is 60.8 Å². The zero-order valence-electron chi connectivity index (χ0n) is 37.7. The Kier molecular flexibility index (Phi) is 9.84. The maximum Gasteiger partial charge on any atom is 0.143 e. The molecule has 13 rings (SSSR count). The van der Waals surface area contributed by atoms with Crippen molar-refractivity contribution in [1.29, 1.82) is 0 Å². The van der Waals surface area contributed by atoms with Gasteiger partial charge in [0.2, 0.25) is 0 Å². The van der Waals surface area contributed by atoms with Gasteiger partial charge < -0.3 is 13.9 Å². The van der Waals surface area contributed by atoms with E-state index in [1.807, 2.05) is 6.07 Å². The molecule has 2 aromatic heterocycles. The van der Waals surface area contributed by atoms with Crippen molar-refractivity contribution in [2.24, 2.45) is 0 Å². The Bertz CT molecular complexity index is 3960. The summed E-state index contributed by atoms with van der Waals surface area (Å²) >= 11 is 0. The summed E-state index contributed by atoms with van der Waals surface area (Å²) in [5.41, 5.74) is 20.0. The van der Waals surface area contributed by atoms with Crippen molar-refractivity contribution < 1.29 is 4.42 Å². The third kappa shape index (κ3) is 7.08. The number of para-hydroxylation sites is 6. The lowest BCUT2D eigenvalue weighted by atomic mass is 9.97. The van der Waals surface area contributed by atoms with Gasteiger partial charge in [-0.15, -0.1) is 0 Å². The molecule has 0 fully saturated rings. The second kappa shape index (κ2) is 16.9. The Balaban J connectivity index is 0.908. The number of benzene rings is 11. The Labute approximate surface area is 401 Å². The first kappa shape index (κ1) is 40.1. The highest BCUT2D eigenvalue weighted by Crippen LogP contribution is 2.45. The molecule has 0 saturated carbocycles. The van der Waals surface area contributed by atoms with Gasteiger partial charge in [-0.1, -0.05) is 200 Å². The van der Waals surface area contributed by atoms with Crippen molar-refractivity contribution in [2.45, 2.75) is 0 Å². The average molecular weight is 881 g/mol. The van der Waals surface area contributed by atoms with E-state index in [-0.39, 0.29) is 0 Å². The minimum absolute atomic E-state index is 0.884. The van der Waals surface area contributed by atoms with Crippen molar-refractivity contribution in [2.75, 3.05) is 4.90 Å². The molecule has 3 heteroatoms. The third-order valence-corrected chi connectivity index (χ3v) is 13.6. The van der Waals surface area contributed by atoms with Gasteiger partial charge >= 0.3 is 0 Å². The monoisotopic (exact) mass is 880 g/mol. The lowest BCUT2D eigenvalue weighted by Crippen LogP contribution is -2.11. The largest absolute Gasteiger partial charge is 0.455 e. The average Bonchev–Trinajstić information content (AvgIpc) is 3.98. The molecule has 69 heavy (non-hydrogen) atoms. The Morgan fingerprint density at radius 2 is 0.739 bits per heavy atom. The summed E-state index contributed by atoms with van der Waals surface area (Å²) < 4.78 is 9.06. The van der Waals surface area contributed by atoms with E-state index in [9.17, 15) is 0 Å². The van der Waals surface area contributed by atoms with Gasteiger partial charge in [-0.05, 0) is 106 Å². The van der Waals surface area contributed by atoms with Gasteiger partial charge in [0.05, 0.1) is 22.4 Å². The van der Waals surface area contributed by atoms with Crippen molar-refractivity contribution in [3.05, 3.63) is 267 Å². The molecule has 0 amide bonds. The summed E-state index contributed by atoms with van der Waals surface area (Å²) in [4.78, 5) is 2.38. The Morgan fingerprint density at radius 3 is 1.41 bits per heavy atom. The summed E-state index contributed by atoms with van der Waals surface area (Å²) in [6, 6.07) is 96.0. The molecule has 0 radical (unpaired) electrons. The zero-order valence-corrected chi connectivity index (χ0v) is 37.7. The fraction of sp³-hybridized carbons (Fsp3) is 0. The molecule has 324 valence electrons. The van der Waals surface area contributed by atoms with Crippen LogP contribution < -0.4 is 4.90 Å². The van der Waals surface area contributed by atoms with Gasteiger partial charge in [-0.2, -0.15) is 0 Å². The molecule has 0 bridgehead atoms. The smallest absolute Gasteiger partial charge is 0.143 e. The highest BCUT2D eigenvalue weighted by molar-refractivity contribution is 6.11. The number of nitrogens with zero attached hydrogens (tertiary/aromatic N) is 2. The zero-order chi connectivity index (χ0) is 45.7. The first-order chi connectivity index (χ1) is 34.2. The van der Waals surface area contributed by atoms with Crippen LogP contribution in [0.4, 0.5) is 17.1 Å². The van der Waals surface area contributed by atoms with E-state index < -0.39 is 0 Å². The number of rotatable bonds is 9. The molecule has 0 saturated heterocycles. The fourth-order valence-corrected chi connectivity index (χ4v) is 10.4. The van der Waals surface area contributed by atoms with Gasteiger partial charge in [0.1, 0.15) is 11.2 Å². The molecular weight excluding hydrogens is 837 g/mol.